The van der Waals surface area contributed by atoms with E-state index in [-0.39, 0.29) is 18.4 Å². The number of thiophene rings is 1. The smallest absolute Gasteiger partial charge is 0.408 e. The van der Waals surface area contributed by atoms with E-state index in [4.69, 9.17) is 4.74 Å². The molecule has 0 aliphatic heterocycles. The molecule has 0 saturated carbocycles. The van der Waals surface area contributed by atoms with E-state index in [1.54, 1.807) is 31.4 Å². The Morgan fingerprint density at radius 2 is 1.56 bits per heavy atom. The number of amides is 2. The lowest BCUT2D eigenvalue weighted by atomic mass is 9.98. The van der Waals surface area contributed by atoms with Gasteiger partial charge < -0.3 is 20.5 Å². The van der Waals surface area contributed by atoms with Gasteiger partial charge in [0.1, 0.15) is 18.7 Å². The standard InChI is InChI=1S/C26H26N2O5S/c1-15(2)22(25(30)31)27-24(29)23(21-12-7-13-34-21)28-26(32)33-14-20-18-10-5-3-8-16(18)17-9-4-6-11-19(17)20/h3-13,15,20,22-23H,14H2,1-2H3,(H,27,29)(H,28,32)(H,30,31)/t22-,23?/m1/s1. The maximum atomic E-state index is 12.9. The third-order valence-corrected chi connectivity index (χ3v) is 6.86. The zero-order valence-electron chi connectivity index (χ0n) is 18.9. The number of hydrogen-bond acceptors (Lipinski definition) is 5. The van der Waals surface area contributed by atoms with Crippen LogP contribution in [0.5, 0.6) is 0 Å². The predicted molar refractivity (Wildman–Crippen MR) is 130 cm³/mol. The van der Waals surface area contributed by atoms with Crippen LogP contribution >= 0.6 is 11.3 Å². The first-order valence-electron chi connectivity index (χ1n) is 11.0. The summed E-state index contributed by atoms with van der Waals surface area (Å²) in [5.74, 6) is -2.16. The summed E-state index contributed by atoms with van der Waals surface area (Å²) in [6.45, 7) is 3.53. The molecule has 0 spiro atoms. The van der Waals surface area contributed by atoms with E-state index in [0.717, 1.165) is 22.3 Å². The van der Waals surface area contributed by atoms with Gasteiger partial charge in [0, 0.05) is 10.8 Å². The third kappa shape index (κ3) is 4.82. The van der Waals surface area contributed by atoms with Gasteiger partial charge in [0.2, 0.25) is 5.91 Å². The van der Waals surface area contributed by atoms with Gasteiger partial charge >= 0.3 is 12.1 Å². The average Bonchev–Trinajstić information content (AvgIpc) is 3.46. The van der Waals surface area contributed by atoms with E-state index in [1.807, 2.05) is 36.4 Å². The lowest BCUT2D eigenvalue weighted by Crippen LogP contribution is -2.49. The monoisotopic (exact) mass is 478 g/mol. The topological polar surface area (TPSA) is 105 Å². The Morgan fingerprint density at radius 1 is 0.941 bits per heavy atom. The number of carboxylic acid groups (broad SMARTS) is 1. The van der Waals surface area contributed by atoms with Crippen LogP contribution < -0.4 is 10.6 Å². The first-order chi connectivity index (χ1) is 16.4. The summed E-state index contributed by atoms with van der Waals surface area (Å²) < 4.78 is 5.58. The quantitative estimate of drug-likeness (QED) is 0.440. The predicted octanol–water partition coefficient (Wildman–Crippen LogP) is 4.55. The van der Waals surface area contributed by atoms with Crippen molar-refractivity contribution >= 4 is 29.3 Å². The summed E-state index contributed by atoms with van der Waals surface area (Å²) >= 11 is 1.29. The Balaban J connectivity index is 1.47. The fourth-order valence-corrected chi connectivity index (χ4v) is 5.00. The molecule has 34 heavy (non-hydrogen) atoms. The van der Waals surface area contributed by atoms with Crippen molar-refractivity contribution in [1.29, 1.82) is 0 Å². The first-order valence-corrected chi connectivity index (χ1v) is 11.9. The number of alkyl carbamates (subject to hydrolysis) is 1. The van der Waals surface area contributed by atoms with Crippen molar-refractivity contribution < 1.29 is 24.2 Å². The van der Waals surface area contributed by atoms with Gasteiger partial charge in [-0.15, -0.1) is 11.3 Å². The molecule has 1 aliphatic carbocycles. The number of benzene rings is 2. The van der Waals surface area contributed by atoms with Gasteiger partial charge in [0.25, 0.3) is 0 Å². The molecule has 0 saturated heterocycles. The highest BCUT2D eigenvalue weighted by atomic mass is 32.1. The van der Waals surface area contributed by atoms with Crippen LogP contribution in [0.2, 0.25) is 0 Å². The summed E-state index contributed by atoms with van der Waals surface area (Å²) in [7, 11) is 0. The molecule has 2 aromatic carbocycles. The number of rotatable bonds is 8. The number of carbonyl (C=O) groups excluding carboxylic acids is 2. The Bertz CT molecular complexity index is 1150. The van der Waals surface area contributed by atoms with Crippen LogP contribution in [0.1, 0.15) is 41.8 Å². The zero-order chi connectivity index (χ0) is 24.2. The third-order valence-electron chi connectivity index (χ3n) is 5.93. The van der Waals surface area contributed by atoms with Crippen molar-refractivity contribution in [2.24, 2.45) is 5.92 Å². The molecule has 8 heteroatoms. The van der Waals surface area contributed by atoms with Gasteiger partial charge in [-0.25, -0.2) is 9.59 Å². The van der Waals surface area contributed by atoms with Crippen LogP contribution in [0, 0.1) is 5.92 Å². The highest BCUT2D eigenvalue weighted by molar-refractivity contribution is 7.10. The van der Waals surface area contributed by atoms with Crippen LogP contribution in [0.15, 0.2) is 66.0 Å². The molecule has 3 aromatic rings. The summed E-state index contributed by atoms with van der Waals surface area (Å²) in [6, 6.07) is 17.4. The number of aliphatic carboxylic acids is 1. The van der Waals surface area contributed by atoms with Gasteiger partial charge in [-0.3, -0.25) is 4.79 Å². The molecule has 1 aromatic heterocycles. The highest BCUT2D eigenvalue weighted by Gasteiger charge is 2.32. The molecule has 2 atom stereocenters. The molecule has 2 amide bonds. The van der Waals surface area contributed by atoms with Crippen molar-refractivity contribution in [2.45, 2.75) is 31.8 Å². The fraction of sp³-hybridized carbons (Fsp3) is 0.269. The second kappa shape index (κ2) is 10.1. The van der Waals surface area contributed by atoms with Crippen molar-refractivity contribution in [1.82, 2.24) is 10.6 Å². The van der Waals surface area contributed by atoms with E-state index in [2.05, 4.69) is 22.8 Å². The van der Waals surface area contributed by atoms with Gasteiger partial charge in [0.05, 0.1) is 0 Å². The van der Waals surface area contributed by atoms with Crippen molar-refractivity contribution in [3.63, 3.8) is 0 Å². The van der Waals surface area contributed by atoms with Crippen LogP contribution in [0.3, 0.4) is 0 Å². The van der Waals surface area contributed by atoms with Crippen LogP contribution in [0.4, 0.5) is 4.79 Å². The van der Waals surface area contributed by atoms with Crippen molar-refractivity contribution in [2.75, 3.05) is 6.61 Å². The molecule has 1 heterocycles. The Morgan fingerprint density at radius 3 is 2.09 bits per heavy atom. The highest BCUT2D eigenvalue weighted by Crippen LogP contribution is 2.44. The molecule has 4 rings (SSSR count). The second-order valence-electron chi connectivity index (χ2n) is 8.49. The Kier molecular flexibility index (Phi) is 6.98. The Hall–Kier alpha value is -3.65. The number of carbonyl (C=O) groups is 3. The SMILES string of the molecule is CC(C)[C@@H](NC(=O)C(NC(=O)OCC1c2ccccc2-c2ccccc21)c1cccs1)C(=O)O. The van der Waals surface area contributed by atoms with E-state index in [0.29, 0.717) is 4.88 Å². The number of fused-ring (bicyclic) bond motifs is 3. The maximum absolute atomic E-state index is 12.9. The van der Waals surface area contributed by atoms with Crippen LogP contribution in [-0.4, -0.2) is 35.7 Å². The fourth-order valence-electron chi connectivity index (χ4n) is 4.23. The number of ether oxygens (including phenoxy) is 1. The minimum absolute atomic E-state index is 0.107. The summed E-state index contributed by atoms with van der Waals surface area (Å²) in [4.78, 5) is 37.8. The largest absolute Gasteiger partial charge is 0.480 e. The minimum Gasteiger partial charge on any atom is -0.480 e. The normalized spacial score (nSPS) is 14.1. The van der Waals surface area contributed by atoms with Crippen LogP contribution in [0.25, 0.3) is 11.1 Å². The number of nitrogens with one attached hydrogen (secondary N) is 2. The summed E-state index contributed by atoms with van der Waals surface area (Å²) in [5.41, 5.74) is 4.42. The maximum Gasteiger partial charge on any atom is 0.408 e. The van der Waals surface area contributed by atoms with E-state index < -0.39 is 30.1 Å². The van der Waals surface area contributed by atoms with E-state index >= 15 is 0 Å². The molecule has 3 N–H and O–H groups in total. The second-order valence-corrected chi connectivity index (χ2v) is 9.47. The number of carboxylic acids is 1. The number of hydrogen-bond donors (Lipinski definition) is 3. The van der Waals surface area contributed by atoms with Crippen LogP contribution in [-0.2, 0) is 14.3 Å². The lowest BCUT2D eigenvalue weighted by molar-refractivity contribution is -0.143. The van der Waals surface area contributed by atoms with Crippen molar-refractivity contribution in [3.8, 4) is 11.1 Å². The summed E-state index contributed by atoms with van der Waals surface area (Å²) in [5, 5.41) is 16.4. The van der Waals surface area contributed by atoms with E-state index in [9.17, 15) is 19.5 Å². The zero-order valence-corrected chi connectivity index (χ0v) is 19.7. The summed E-state index contributed by atoms with van der Waals surface area (Å²) in [6.07, 6.45) is -0.744. The molecule has 1 unspecified atom stereocenters. The van der Waals surface area contributed by atoms with Gasteiger partial charge in [0.15, 0.2) is 0 Å². The van der Waals surface area contributed by atoms with Crippen molar-refractivity contribution in [3.05, 3.63) is 82.0 Å². The first kappa shape index (κ1) is 23.5. The Labute approximate surface area is 201 Å². The molecule has 176 valence electrons. The molecular weight excluding hydrogens is 452 g/mol. The van der Waals surface area contributed by atoms with E-state index in [1.165, 1.54) is 11.3 Å². The molecule has 0 radical (unpaired) electrons. The lowest BCUT2D eigenvalue weighted by Gasteiger charge is -2.23. The van der Waals surface area contributed by atoms with Gasteiger partial charge in [-0.05, 0) is 39.6 Å². The molecule has 1 aliphatic rings. The molecule has 0 fully saturated rings. The molecule has 0 bridgehead atoms. The average molecular weight is 479 g/mol. The molecule has 7 nitrogen and oxygen atoms in total. The van der Waals surface area contributed by atoms with Gasteiger partial charge in [-0.1, -0.05) is 68.4 Å². The molecular formula is C26H26N2O5S. The minimum atomic E-state index is -1.13. The van der Waals surface area contributed by atoms with Gasteiger partial charge in [-0.2, -0.15) is 0 Å².